The van der Waals surface area contributed by atoms with E-state index in [1.165, 1.54) is 0 Å². The Morgan fingerprint density at radius 3 is 2.77 bits per heavy atom. The number of benzene rings is 1. The standard InChI is InChI=1S/C17H20ClNO3/c1-3-6-11(4-2)16(17(20)21)22-14-9-8-13(18)12-7-5-10-19-15(12)14/h5,7-11,16H,3-4,6H2,1-2H3,(H,20,21). The number of carbonyl (C=O) groups is 1. The van der Waals surface area contributed by atoms with Crippen molar-refractivity contribution in [1.29, 1.82) is 0 Å². The summed E-state index contributed by atoms with van der Waals surface area (Å²) in [6.07, 6.45) is 3.25. The lowest BCUT2D eigenvalue weighted by atomic mass is 9.94. The Morgan fingerprint density at radius 1 is 1.36 bits per heavy atom. The van der Waals surface area contributed by atoms with Gasteiger partial charge in [-0.2, -0.15) is 0 Å². The van der Waals surface area contributed by atoms with E-state index in [4.69, 9.17) is 16.3 Å². The van der Waals surface area contributed by atoms with E-state index in [0.29, 0.717) is 16.3 Å². The Labute approximate surface area is 135 Å². The highest BCUT2D eigenvalue weighted by Gasteiger charge is 2.29. The zero-order valence-electron chi connectivity index (χ0n) is 12.8. The smallest absolute Gasteiger partial charge is 0.345 e. The summed E-state index contributed by atoms with van der Waals surface area (Å²) in [5, 5.41) is 10.8. The Kier molecular flexibility index (Phi) is 5.61. The minimum atomic E-state index is -0.945. The molecule has 1 N–H and O–H groups in total. The van der Waals surface area contributed by atoms with Crippen LogP contribution in [0.5, 0.6) is 5.75 Å². The van der Waals surface area contributed by atoms with E-state index in [2.05, 4.69) is 4.98 Å². The van der Waals surface area contributed by atoms with E-state index < -0.39 is 12.1 Å². The second-order valence-corrected chi connectivity index (χ2v) is 5.69. The van der Waals surface area contributed by atoms with Crippen molar-refractivity contribution >= 4 is 28.5 Å². The first-order valence-corrected chi connectivity index (χ1v) is 7.89. The third-order valence-electron chi connectivity index (χ3n) is 3.79. The summed E-state index contributed by atoms with van der Waals surface area (Å²) in [5.41, 5.74) is 0.590. The lowest BCUT2D eigenvalue weighted by Gasteiger charge is -2.24. The molecule has 118 valence electrons. The van der Waals surface area contributed by atoms with Gasteiger partial charge in [0.15, 0.2) is 6.10 Å². The summed E-state index contributed by atoms with van der Waals surface area (Å²) in [5.74, 6) is -0.516. The Morgan fingerprint density at radius 2 is 2.14 bits per heavy atom. The first-order chi connectivity index (χ1) is 10.6. The Bertz CT molecular complexity index is 659. The predicted octanol–water partition coefficient (Wildman–Crippen LogP) is 4.55. The van der Waals surface area contributed by atoms with Crippen LogP contribution >= 0.6 is 11.6 Å². The van der Waals surface area contributed by atoms with Crippen LogP contribution in [0.4, 0.5) is 0 Å². The highest BCUT2D eigenvalue weighted by atomic mass is 35.5. The average Bonchev–Trinajstić information content (AvgIpc) is 2.52. The molecule has 5 heteroatoms. The van der Waals surface area contributed by atoms with Gasteiger partial charge < -0.3 is 9.84 Å². The van der Waals surface area contributed by atoms with Gasteiger partial charge in [-0.1, -0.05) is 31.9 Å². The summed E-state index contributed by atoms with van der Waals surface area (Å²) in [4.78, 5) is 15.9. The molecule has 0 radical (unpaired) electrons. The lowest BCUT2D eigenvalue weighted by molar-refractivity contribution is -0.148. The number of rotatable bonds is 7. The van der Waals surface area contributed by atoms with Gasteiger partial charge in [-0.15, -0.1) is 0 Å². The molecule has 0 aliphatic heterocycles. The van der Waals surface area contributed by atoms with E-state index in [0.717, 1.165) is 24.6 Å². The number of fused-ring (bicyclic) bond motifs is 1. The molecule has 1 heterocycles. The van der Waals surface area contributed by atoms with E-state index >= 15 is 0 Å². The monoisotopic (exact) mass is 321 g/mol. The third kappa shape index (κ3) is 3.50. The number of ether oxygens (including phenoxy) is 1. The largest absolute Gasteiger partial charge is 0.478 e. The first kappa shape index (κ1) is 16.6. The molecule has 0 saturated carbocycles. The van der Waals surface area contributed by atoms with Crippen molar-refractivity contribution in [2.24, 2.45) is 5.92 Å². The van der Waals surface area contributed by atoms with Crippen molar-refractivity contribution in [2.75, 3.05) is 0 Å². The number of aliphatic carboxylic acids is 1. The lowest BCUT2D eigenvalue weighted by Crippen LogP contribution is -2.35. The number of aromatic nitrogens is 1. The van der Waals surface area contributed by atoms with Crippen molar-refractivity contribution in [1.82, 2.24) is 4.98 Å². The van der Waals surface area contributed by atoms with Crippen LogP contribution in [-0.4, -0.2) is 22.2 Å². The number of pyridine rings is 1. The fraction of sp³-hybridized carbons (Fsp3) is 0.412. The second kappa shape index (κ2) is 7.45. The quantitative estimate of drug-likeness (QED) is 0.813. The van der Waals surface area contributed by atoms with Gasteiger partial charge in [-0.25, -0.2) is 4.79 Å². The highest BCUT2D eigenvalue weighted by Crippen LogP contribution is 2.31. The summed E-state index contributed by atoms with van der Waals surface area (Å²) in [6, 6.07) is 7.03. The summed E-state index contributed by atoms with van der Waals surface area (Å²) in [7, 11) is 0. The van der Waals surface area contributed by atoms with Gasteiger partial charge in [-0.05, 0) is 37.1 Å². The number of carboxylic acid groups (broad SMARTS) is 1. The van der Waals surface area contributed by atoms with Crippen LogP contribution in [0, 0.1) is 5.92 Å². The van der Waals surface area contributed by atoms with E-state index in [-0.39, 0.29) is 5.92 Å². The first-order valence-electron chi connectivity index (χ1n) is 7.51. The summed E-state index contributed by atoms with van der Waals surface area (Å²) in [6.45, 7) is 4.03. The SMILES string of the molecule is CCCC(CC)C(Oc1ccc(Cl)c2cccnc12)C(=O)O. The predicted molar refractivity (Wildman–Crippen MR) is 87.5 cm³/mol. The van der Waals surface area contributed by atoms with Gasteiger partial charge in [0.05, 0.1) is 5.02 Å². The van der Waals surface area contributed by atoms with E-state index in [1.807, 2.05) is 19.9 Å². The molecule has 0 bridgehead atoms. The molecule has 4 nitrogen and oxygen atoms in total. The zero-order valence-corrected chi connectivity index (χ0v) is 13.5. The van der Waals surface area contributed by atoms with Crippen molar-refractivity contribution in [2.45, 2.75) is 39.2 Å². The maximum absolute atomic E-state index is 11.6. The summed E-state index contributed by atoms with van der Waals surface area (Å²) >= 11 is 6.16. The molecule has 2 rings (SSSR count). The van der Waals surface area contributed by atoms with Gasteiger partial charge in [-0.3, -0.25) is 4.98 Å². The van der Waals surface area contributed by atoms with Crippen molar-refractivity contribution in [3.8, 4) is 5.75 Å². The van der Waals surface area contributed by atoms with Crippen LogP contribution in [0.15, 0.2) is 30.5 Å². The molecule has 0 amide bonds. The van der Waals surface area contributed by atoms with Crippen LogP contribution in [-0.2, 0) is 4.79 Å². The van der Waals surface area contributed by atoms with Crippen molar-refractivity contribution < 1.29 is 14.6 Å². The molecule has 2 unspecified atom stereocenters. The number of hydrogen-bond donors (Lipinski definition) is 1. The maximum atomic E-state index is 11.6. The Hall–Kier alpha value is -1.81. The fourth-order valence-electron chi connectivity index (χ4n) is 2.63. The van der Waals surface area contributed by atoms with E-state index in [9.17, 15) is 9.90 Å². The Balaban J connectivity index is 2.38. The van der Waals surface area contributed by atoms with Crippen LogP contribution in [0.1, 0.15) is 33.1 Å². The van der Waals surface area contributed by atoms with Gasteiger partial charge in [0, 0.05) is 17.5 Å². The molecule has 2 atom stereocenters. The highest BCUT2D eigenvalue weighted by molar-refractivity contribution is 6.35. The molecule has 1 aromatic heterocycles. The van der Waals surface area contributed by atoms with E-state index in [1.54, 1.807) is 24.4 Å². The number of hydrogen-bond acceptors (Lipinski definition) is 3. The van der Waals surface area contributed by atoms with Gasteiger partial charge in [0.25, 0.3) is 0 Å². The van der Waals surface area contributed by atoms with Crippen LogP contribution in [0.25, 0.3) is 10.9 Å². The molecule has 22 heavy (non-hydrogen) atoms. The van der Waals surface area contributed by atoms with Gasteiger partial charge >= 0.3 is 5.97 Å². The molecule has 0 aliphatic carbocycles. The molecule has 2 aromatic rings. The molecule has 0 aliphatic rings. The normalized spacial score (nSPS) is 13.8. The topological polar surface area (TPSA) is 59.4 Å². The maximum Gasteiger partial charge on any atom is 0.345 e. The van der Waals surface area contributed by atoms with Crippen LogP contribution in [0.3, 0.4) is 0 Å². The van der Waals surface area contributed by atoms with Crippen LogP contribution in [0.2, 0.25) is 5.02 Å². The van der Waals surface area contributed by atoms with Gasteiger partial charge in [0.1, 0.15) is 11.3 Å². The van der Waals surface area contributed by atoms with Crippen LogP contribution < -0.4 is 4.74 Å². The minimum absolute atomic E-state index is 0.0306. The molecule has 0 spiro atoms. The zero-order chi connectivity index (χ0) is 16.1. The third-order valence-corrected chi connectivity index (χ3v) is 4.12. The number of carboxylic acids is 1. The van der Waals surface area contributed by atoms with Crippen molar-refractivity contribution in [3.63, 3.8) is 0 Å². The summed E-state index contributed by atoms with van der Waals surface area (Å²) < 4.78 is 5.83. The van der Waals surface area contributed by atoms with Crippen molar-refractivity contribution in [3.05, 3.63) is 35.5 Å². The minimum Gasteiger partial charge on any atom is -0.478 e. The molecule has 0 fully saturated rings. The molecule has 0 saturated heterocycles. The molecular formula is C17H20ClNO3. The average molecular weight is 322 g/mol. The number of nitrogens with zero attached hydrogens (tertiary/aromatic N) is 1. The molecular weight excluding hydrogens is 302 g/mol. The molecule has 1 aromatic carbocycles. The fourth-order valence-corrected chi connectivity index (χ4v) is 2.85. The van der Waals surface area contributed by atoms with Gasteiger partial charge in [0.2, 0.25) is 0 Å². The second-order valence-electron chi connectivity index (χ2n) is 5.28. The number of halogens is 1.